The molecule has 2 aromatic heterocycles. The highest BCUT2D eigenvalue weighted by Gasteiger charge is 2.38. The van der Waals surface area contributed by atoms with E-state index in [0.29, 0.717) is 11.8 Å². The van der Waals surface area contributed by atoms with Crippen LogP contribution in [0.25, 0.3) is 20.9 Å². The number of thiophene rings is 2. The maximum absolute atomic E-state index is 2.48. The Labute approximate surface area is 178 Å². The molecule has 0 aliphatic heterocycles. The lowest BCUT2D eigenvalue weighted by Gasteiger charge is -2.20. The molecule has 2 aliphatic carbocycles. The summed E-state index contributed by atoms with van der Waals surface area (Å²) in [5.74, 6) is 1.05. The van der Waals surface area contributed by atoms with Gasteiger partial charge in [-0.05, 0) is 116 Å². The van der Waals surface area contributed by atoms with Crippen LogP contribution in [-0.2, 0) is 0 Å². The van der Waals surface area contributed by atoms with Crippen molar-refractivity contribution in [1.29, 1.82) is 0 Å². The molecule has 0 bridgehead atoms. The molecular weight excluding hydrogens is 558 g/mol. The first-order valence-corrected chi connectivity index (χ1v) is 11.9. The largest absolute Gasteiger partial charge is 0.129 e. The molecule has 0 amide bonds. The van der Waals surface area contributed by atoms with E-state index in [1.54, 1.807) is 33.4 Å². The second kappa shape index (κ2) is 5.30. The molecule has 0 spiro atoms. The lowest BCUT2D eigenvalue weighted by atomic mass is 9.85. The molecule has 0 saturated carbocycles. The van der Waals surface area contributed by atoms with Gasteiger partial charge in [-0.25, -0.2) is 0 Å². The fraction of sp³-hybridized carbons (Fsp3) is 0.300. The highest BCUT2D eigenvalue weighted by molar-refractivity contribution is 14.1. The Bertz CT molecular complexity index is 955. The predicted octanol–water partition coefficient (Wildman–Crippen LogP) is 7.90. The molecule has 1 aromatic carbocycles. The first kappa shape index (κ1) is 16.3. The molecule has 2 heterocycles. The standard InChI is InChI=1S/C20H16I2S2/c1-7-11-5-13(21)23-19(11)17-10(4)16-8(2)12-6-14(22)24-20(12)18(16)9(3)15(7)17/h5-8H,1-4H3. The number of benzene rings is 1. The molecule has 0 radical (unpaired) electrons. The van der Waals surface area contributed by atoms with E-state index in [4.69, 9.17) is 0 Å². The molecule has 2 aliphatic rings. The highest BCUT2D eigenvalue weighted by atomic mass is 127. The van der Waals surface area contributed by atoms with E-state index in [-0.39, 0.29) is 0 Å². The maximum atomic E-state index is 2.48. The van der Waals surface area contributed by atoms with Crippen LogP contribution in [0.4, 0.5) is 0 Å². The van der Waals surface area contributed by atoms with Gasteiger partial charge in [0.25, 0.3) is 0 Å². The van der Waals surface area contributed by atoms with Crippen molar-refractivity contribution in [3.63, 3.8) is 0 Å². The zero-order chi connectivity index (χ0) is 16.9. The Morgan fingerprint density at radius 1 is 0.750 bits per heavy atom. The third-order valence-electron chi connectivity index (χ3n) is 5.81. The zero-order valence-electron chi connectivity index (χ0n) is 13.9. The normalized spacial score (nSPS) is 20.1. The smallest absolute Gasteiger partial charge is 0.0663 e. The average molecular weight is 574 g/mol. The van der Waals surface area contributed by atoms with E-state index in [1.165, 1.54) is 26.6 Å². The van der Waals surface area contributed by atoms with Crippen molar-refractivity contribution in [3.05, 3.63) is 51.3 Å². The summed E-state index contributed by atoms with van der Waals surface area (Å²) in [7, 11) is 0. The molecule has 0 N–H and O–H groups in total. The van der Waals surface area contributed by atoms with Crippen molar-refractivity contribution in [3.8, 4) is 20.9 Å². The van der Waals surface area contributed by atoms with Crippen LogP contribution < -0.4 is 0 Å². The van der Waals surface area contributed by atoms with Crippen LogP contribution in [0.5, 0.6) is 0 Å². The molecule has 2 unspecified atom stereocenters. The van der Waals surface area contributed by atoms with Gasteiger partial charge in [-0.3, -0.25) is 0 Å². The molecule has 4 heteroatoms. The molecule has 0 fully saturated rings. The summed E-state index contributed by atoms with van der Waals surface area (Å²) in [5.41, 5.74) is 12.4. The summed E-state index contributed by atoms with van der Waals surface area (Å²) < 4.78 is 2.82. The number of hydrogen-bond donors (Lipinski definition) is 0. The van der Waals surface area contributed by atoms with Crippen LogP contribution in [0.1, 0.15) is 59.1 Å². The van der Waals surface area contributed by atoms with E-state index < -0.39 is 0 Å². The van der Waals surface area contributed by atoms with Gasteiger partial charge in [-0.15, -0.1) is 22.7 Å². The van der Waals surface area contributed by atoms with Crippen molar-refractivity contribution < 1.29 is 0 Å². The Hall–Kier alpha value is 0.0800. The van der Waals surface area contributed by atoms with Crippen LogP contribution in [-0.4, -0.2) is 0 Å². The van der Waals surface area contributed by atoms with E-state index in [1.807, 2.05) is 22.7 Å². The lowest BCUT2D eigenvalue weighted by Crippen LogP contribution is -2.01. The molecule has 122 valence electrons. The Morgan fingerprint density at radius 2 is 1.12 bits per heavy atom. The van der Waals surface area contributed by atoms with Gasteiger partial charge in [0.15, 0.2) is 0 Å². The van der Waals surface area contributed by atoms with Crippen LogP contribution in [0.2, 0.25) is 0 Å². The van der Waals surface area contributed by atoms with Gasteiger partial charge in [-0.2, -0.15) is 0 Å². The summed E-state index contributed by atoms with van der Waals surface area (Å²) in [6.07, 6.45) is 0. The molecule has 2 atom stereocenters. The molecule has 0 saturated heterocycles. The van der Waals surface area contributed by atoms with Gasteiger partial charge in [0.05, 0.1) is 5.77 Å². The van der Waals surface area contributed by atoms with E-state index in [0.717, 1.165) is 0 Å². The summed E-state index contributed by atoms with van der Waals surface area (Å²) in [5, 5.41) is 0. The van der Waals surface area contributed by atoms with Crippen LogP contribution in [0.15, 0.2) is 12.1 Å². The summed E-state index contributed by atoms with van der Waals surface area (Å²) in [6.45, 7) is 9.51. The zero-order valence-corrected chi connectivity index (χ0v) is 19.8. The fourth-order valence-corrected chi connectivity index (χ4v) is 9.00. The quantitative estimate of drug-likeness (QED) is 0.240. The van der Waals surface area contributed by atoms with Crippen molar-refractivity contribution >= 4 is 67.9 Å². The van der Waals surface area contributed by atoms with Crippen molar-refractivity contribution in [2.45, 2.75) is 39.5 Å². The SMILES string of the molecule is Cc1c2c(c(C)c3c1C(C)c1cc(I)sc1-3)C(C)c1cc(I)sc1-2. The van der Waals surface area contributed by atoms with E-state index in [2.05, 4.69) is 85.0 Å². The minimum absolute atomic E-state index is 0.525. The van der Waals surface area contributed by atoms with E-state index >= 15 is 0 Å². The van der Waals surface area contributed by atoms with E-state index in [9.17, 15) is 0 Å². The van der Waals surface area contributed by atoms with Crippen molar-refractivity contribution in [2.24, 2.45) is 0 Å². The molecular formula is C20H16I2S2. The summed E-state index contributed by atoms with van der Waals surface area (Å²) in [4.78, 5) is 3.06. The second-order valence-electron chi connectivity index (χ2n) is 6.94. The number of hydrogen-bond acceptors (Lipinski definition) is 2. The van der Waals surface area contributed by atoms with Gasteiger partial charge < -0.3 is 0 Å². The Balaban J connectivity index is 1.91. The van der Waals surface area contributed by atoms with Crippen LogP contribution in [0.3, 0.4) is 0 Å². The van der Waals surface area contributed by atoms with Crippen molar-refractivity contribution in [2.75, 3.05) is 0 Å². The maximum Gasteiger partial charge on any atom is 0.0663 e. The second-order valence-corrected chi connectivity index (χ2v) is 12.8. The minimum atomic E-state index is 0.525. The van der Waals surface area contributed by atoms with Crippen molar-refractivity contribution in [1.82, 2.24) is 0 Å². The van der Waals surface area contributed by atoms with Gasteiger partial charge >= 0.3 is 0 Å². The lowest BCUT2D eigenvalue weighted by molar-refractivity contribution is 0.925. The Kier molecular flexibility index (Phi) is 3.59. The fourth-order valence-electron chi connectivity index (χ4n) is 4.81. The van der Waals surface area contributed by atoms with Gasteiger partial charge in [0, 0.05) is 21.6 Å². The van der Waals surface area contributed by atoms with Crippen LogP contribution in [0, 0.1) is 19.6 Å². The highest BCUT2D eigenvalue weighted by Crippen LogP contribution is 2.59. The molecule has 3 aromatic rings. The number of rotatable bonds is 0. The predicted molar refractivity (Wildman–Crippen MR) is 123 cm³/mol. The topological polar surface area (TPSA) is 0 Å². The number of fused-ring (bicyclic) bond motifs is 6. The molecule has 0 nitrogen and oxygen atoms in total. The third-order valence-corrected chi connectivity index (χ3v) is 9.67. The van der Waals surface area contributed by atoms with Crippen LogP contribution >= 0.6 is 67.9 Å². The molecule has 5 rings (SSSR count). The third kappa shape index (κ3) is 1.89. The average Bonchev–Trinajstić information content (AvgIpc) is 3.20. The first-order chi connectivity index (χ1) is 11.4. The van der Waals surface area contributed by atoms with Gasteiger partial charge in [0.2, 0.25) is 0 Å². The minimum Gasteiger partial charge on any atom is -0.129 e. The van der Waals surface area contributed by atoms with Gasteiger partial charge in [0.1, 0.15) is 0 Å². The summed E-state index contributed by atoms with van der Waals surface area (Å²) >= 11 is 8.89. The molecule has 24 heavy (non-hydrogen) atoms. The number of halogens is 2. The monoisotopic (exact) mass is 574 g/mol. The van der Waals surface area contributed by atoms with Gasteiger partial charge in [-0.1, -0.05) is 13.8 Å². The first-order valence-electron chi connectivity index (χ1n) is 8.16. The Morgan fingerprint density at radius 3 is 1.50 bits per heavy atom. The summed E-state index contributed by atoms with van der Waals surface area (Å²) in [6, 6.07) is 4.80.